The maximum Gasteiger partial charge on any atom is 0.0907 e. The van der Waals surface area contributed by atoms with Crippen molar-refractivity contribution in [2.75, 3.05) is 5.50 Å². The van der Waals surface area contributed by atoms with Crippen LogP contribution in [0.15, 0.2) is 155 Å². The molecule has 4 aliphatic rings. The molecule has 0 nitrogen and oxygen atoms in total. The third-order valence-electron chi connectivity index (χ3n) is 8.94. The SMILES string of the molecule is CC1=CC2=C(C=CC=CC2c2ccccc2)C1[Si](C)(CCl)C1C(C)=CC2=C1C=CC=CC2c1ccccc1. The fourth-order valence-corrected chi connectivity index (χ4v) is 13.2. The van der Waals surface area contributed by atoms with Gasteiger partial charge in [-0.15, -0.1) is 11.6 Å². The largest absolute Gasteiger partial charge is 0.130 e. The molecular formula is C36H35ClSi. The first-order valence-corrected chi connectivity index (χ1v) is 17.1. The Hall–Kier alpha value is -3.13. The summed E-state index contributed by atoms with van der Waals surface area (Å²) in [6.07, 6.45) is 23.4. The average Bonchev–Trinajstić information content (AvgIpc) is 3.26. The minimum Gasteiger partial charge on any atom is -0.130 e. The molecule has 0 radical (unpaired) electrons. The van der Waals surface area contributed by atoms with Crippen molar-refractivity contribution in [1.29, 1.82) is 0 Å². The van der Waals surface area contributed by atoms with Crippen LogP contribution in [0.4, 0.5) is 0 Å². The molecule has 0 aromatic heterocycles. The summed E-state index contributed by atoms with van der Waals surface area (Å²) in [7, 11) is -2.15. The van der Waals surface area contributed by atoms with E-state index in [4.69, 9.17) is 11.6 Å². The van der Waals surface area contributed by atoms with Crippen LogP contribution in [-0.2, 0) is 0 Å². The van der Waals surface area contributed by atoms with Gasteiger partial charge in [0.25, 0.3) is 0 Å². The molecule has 190 valence electrons. The van der Waals surface area contributed by atoms with Crippen LogP contribution in [0.5, 0.6) is 0 Å². The van der Waals surface area contributed by atoms with Crippen LogP contribution < -0.4 is 0 Å². The van der Waals surface area contributed by atoms with Crippen molar-refractivity contribution in [1.82, 2.24) is 0 Å². The molecule has 0 aliphatic heterocycles. The number of hydrogen-bond donors (Lipinski definition) is 0. The van der Waals surface area contributed by atoms with Gasteiger partial charge in [-0.25, -0.2) is 0 Å². The molecule has 0 saturated carbocycles. The summed E-state index contributed by atoms with van der Waals surface area (Å²) in [4.78, 5) is 0. The number of benzene rings is 2. The van der Waals surface area contributed by atoms with Crippen molar-refractivity contribution in [2.45, 2.75) is 43.3 Å². The molecule has 0 saturated heterocycles. The van der Waals surface area contributed by atoms with E-state index in [1.54, 1.807) is 0 Å². The highest BCUT2D eigenvalue weighted by molar-refractivity contribution is 6.89. The van der Waals surface area contributed by atoms with E-state index in [1.165, 1.54) is 44.6 Å². The van der Waals surface area contributed by atoms with Gasteiger partial charge in [0.2, 0.25) is 0 Å². The second-order valence-electron chi connectivity index (χ2n) is 11.4. The first kappa shape index (κ1) is 25.2. The molecule has 0 heterocycles. The molecule has 6 rings (SSSR count). The van der Waals surface area contributed by atoms with Crippen molar-refractivity contribution >= 4 is 19.7 Å². The molecule has 0 spiro atoms. The molecule has 2 aromatic carbocycles. The third-order valence-corrected chi connectivity index (χ3v) is 15.4. The Morgan fingerprint density at radius 2 is 1.03 bits per heavy atom. The lowest BCUT2D eigenvalue weighted by Crippen LogP contribution is -2.45. The fourth-order valence-electron chi connectivity index (χ4n) is 7.42. The summed E-state index contributed by atoms with van der Waals surface area (Å²) in [6.45, 7) is 7.25. The van der Waals surface area contributed by atoms with Gasteiger partial charge in [0.15, 0.2) is 0 Å². The zero-order valence-electron chi connectivity index (χ0n) is 22.4. The van der Waals surface area contributed by atoms with E-state index in [9.17, 15) is 0 Å². The zero-order valence-corrected chi connectivity index (χ0v) is 24.2. The van der Waals surface area contributed by atoms with E-state index in [0.717, 1.165) is 5.50 Å². The number of allylic oxidation sites excluding steroid dienone is 16. The average molecular weight is 531 g/mol. The number of halogens is 1. The highest BCUT2D eigenvalue weighted by atomic mass is 35.5. The molecule has 4 unspecified atom stereocenters. The minimum absolute atomic E-state index is 0.272. The molecule has 4 atom stereocenters. The van der Waals surface area contributed by atoms with E-state index < -0.39 is 8.07 Å². The summed E-state index contributed by atoms with van der Waals surface area (Å²) in [5.74, 6) is 0.545. The van der Waals surface area contributed by atoms with E-state index in [1.807, 2.05) is 0 Å². The van der Waals surface area contributed by atoms with E-state index in [-0.39, 0.29) is 11.8 Å². The van der Waals surface area contributed by atoms with Crippen molar-refractivity contribution in [3.8, 4) is 0 Å². The lowest BCUT2D eigenvalue weighted by Gasteiger charge is -2.41. The Labute approximate surface area is 233 Å². The van der Waals surface area contributed by atoms with Gasteiger partial charge in [0.05, 0.1) is 8.07 Å². The highest BCUT2D eigenvalue weighted by Crippen LogP contribution is 2.58. The lowest BCUT2D eigenvalue weighted by atomic mass is 9.89. The summed E-state index contributed by atoms with van der Waals surface area (Å²) >= 11 is 7.13. The predicted molar refractivity (Wildman–Crippen MR) is 166 cm³/mol. The van der Waals surface area contributed by atoms with Crippen molar-refractivity contribution < 1.29 is 0 Å². The number of alkyl halides is 1. The second kappa shape index (κ2) is 10.2. The summed E-state index contributed by atoms with van der Waals surface area (Å²) < 4.78 is 0. The molecule has 0 N–H and O–H groups in total. The van der Waals surface area contributed by atoms with Crippen molar-refractivity contribution in [2.24, 2.45) is 0 Å². The van der Waals surface area contributed by atoms with E-state index in [2.05, 4.69) is 142 Å². The van der Waals surface area contributed by atoms with Gasteiger partial charge in [-0.05, 0) is 47.3 Å². The molecule has 0 amide bonds. The maximum atomic E-state index is 7.13. The monoisotopic (exact) mass is 530 g/mol. The molecule has 2 heteroatoms. The number of hydrogen-bond acceptors (Lipinski definition) is 0. The van der Waals surface area contributed by atoms with Crippen LogP contribution in [0.3, 0.4) is 0 Å². The van der Waals surface area contributed by atoms with Gasteiger partial charge >= 0.3 is 0 Å². The lowest BCUT2D eigenvalue weighted by molar-refractivity contribution is 0.979. The summed E-state index contributed by atoms with van der Waals surface area (Å²) in [5.41, 5.74) is 13.0. The highest BCUT2D eigenvalue weighted by Gasteiger charge is 2.51. The molecule has 38 heavy (non-hydrogen) atoms. The summed E-state index contributed by atoms with van der Waals surface area (Å²) in [5, 5.41) is 0. The van der Waals surface area contributed by atoms with Gasteiger partial charge < -0.3 is 0 Å². The molecule has 0 fully saturated rings. The van der Waals surface area contributed by atoms with E-state index >= 15 is 0 Å². The molecule has 0 bridgehead atoms. The minimum atomic E-state index is -2.15. The Morgan fingerprint density at radius 1 is 0.605 bits per heavy atom. The topological polar surface area (TPSA) is 0 Å². The maximum absolute atomic E-state index is 7.13. The van der Waals surface area contributed by atoms with Gasteiger partial charge in [0, 0.05) is 28.4 Å². The van der Waals surface area contributed by atoms with Crippen molar-refractivity contribution in [3.63, 3.8) is 0 Å². The van der Waals surface area contributed by atoms with Gasteiger partial charge in [0.1, 0.15) is 0 Å². The van der Waals surface area contributed by atoms with E-state index in [0.29, 0.717) is 11.1 Å². The standard InChI is InChI=1S/C36H35ClSi/c1-25-22-33-29(27-14-6-4-7-15-27)18-10-12-20-31(33)35(25)38(3,24-37)36-26(2)23-34-30(19-11-13-21-32(34)36)28-16-8-5-9-17-28/h4-23,29-30,35-36H,24H2,1-3H3. The quantitative estimate of drug-likeness (QED) is 0.266. The molecule has 2 aromatic rings. The molecule has 4 aliphatic carbocycles. The first-order valence-electron chi connectivity index (χ1n) is 13.7. The first-order chi connectivity index (χ1) is 18.5. The smallest absolute Gasteiger partial charge is 0.0907 e. The Bertz CT molecular complexity index is 1370. The number of rotatable bonds is 5. The van der Waals surface area contributed by atoms with Gasteiger partial charge in [-0.1, -0.05) is 139 Å². The van der Waals surface area contributed by atoms with Crippen LogP contribution in [0.25, 0.3) is 0 Å². The van der Waals surface area contributed by atoms with Crippen molar-refractivity contribution in [3.05, 3.63) is 166 Å². The predicted octanol–water partition coefficient (Wildman–Crippen LogP) is 9.92. The van der Waals surface area contributed by atoms with Crippen LogP contribution in [0.2, 0.25) is 17.6 Å². The molecular weight excluding hydrogens is 496 g/mol. The normalized spacial score (nSPS) is 27.5. The van der Waals surface area contributed by atoms with Gasteiger partial charge in [-0.2, -0.15) is 0 Å². The Balaban J connectivity index is 1.46. The Kier molecular flexibility index (Phi) is 6.76. The van der Waals surface area contributed by atoms with Crippen LogP contribution in [0, 0.1) is 0 Å². The fraction of sp³-hybridized carbons (Fsp3) is 0.222. The van der Waals surface area contributed by atoms with Gasteiger partial charge in [-0.3, -0.25) is 0 Å². The van der Waals surface area contributed by atoms with Crippen LogP contribution in [0.1, 0.15) is 36.8 Å². The third kappa shape index (κ3) is 4.13. The van der Waals surface area contributed by atoms with Crippen LogP contribution >= 0.6 is 11.6 Å². The zero-order chi connectivity index (χ0) is 26.3. The Morgan fingerprint density at radius 3 is 1.42 bits per heavy atom. The van der Waals surface area contributed by atoms with Crippen LogP contribution in [-0.4, -0.2) is 13.6 Å². The summed E-state index contributed by atoms with van der Waals surface area (Å²) in [6, 6.07) is 21.8. The second-order valence-corrected chi connectivity index (χ2v) is 16.6.